The molecule has 0 unspecified atom stereocenters. The third-order valence-corrected chi connectivity index (χ3v) is 4.42. The molecule has 0 radical (unpaired) electrons. The van der Waals surface area contributed by atoms with Crippen LogP contribution in [0, 0.1) is 6.92 Å². The van der Waals surface area contributed by atoms with Crippen LogP contribution >= 0.6 is 11.8 Å². The number of allylic oxidation sites excluding steroid dienone is 1. The first-order valence-electron chi connectivity index (χ1n) is 7.70. The molecule has 3 rings (SSSR count). The third-order valence-electron chi connectivity index (χ3n) is 4.09. The molecular formula is C20H16ClNO3. The van der Waals surface area contributed by atoms with Gasteiger partial charge in [0.05, 0.1) is 18.2 Å². The number of benzene rings is 2. The van der Waals surface area contributed by atoms with Gasteiger partial charge in [0.2, 0.25) is 0 Å². The van der Waals surface area contributed by atoms with Crippen LogP contribution in [0.5, 0.6) is 5.75 Å². The Labute approximate surface area is 150 Å². The van der Waals surface area contributed by atoms with E-state index in [2.05, 4.69) is 0 Å². The second-order valence-corrected chi connectivity index (χ2v) is 5.88. The number of hydrogen-bond donors (Lipinski definition) is 0. The molecule has 0 spiro atoms. The summed E-state index contributed by atoms with van der Waals surface area (Å²) in [4.78, 5) is 25.2. The lowest BCUT2D eigenvalue weighted by molar-refractivity contribution is 0.104. The Balaban J connectivity index is 2.09. The summed E-state index contributed by atoms with van der Waals surface area (Å²) in [6, 6.07) is 14.5. The smallest absolute Gasteiger partial charge is 0.277 e. The molecule has 1 aromatic heterocycles. The van der Waals surface area contributed by atoms with Crippen molar-refractivity contribution >= 4 is 34.5 Å². The molecule has 0 saturated carbocycles. The maximum atomic E-state index is 12.7. The molecule has 0 bridgehead atoms. The Hall–Kier alpha value is -2.85. The summed E-state index contributed by atoms with van der Waals surface area (Å²) in [6.45, 7) is 1.75. The fourth-order valence-corrected chi connectivity index (χ4v) is 3.04. The number of aromatic nitrogens is 1. The standard InChI is InChI=1S/C20H16ClNO3/c1-13-15-8-4-5-9-16(15)22(21)20(24)19(13)17(23)12-11-14-7-3-6-10-18(14)25-2/h3-12H,1-2H3. The predicted molar refractivity (Wildman–Crippen MR) is 101 cm³/mol. The van der Waals surface area contributed by atoms with Crippen molar-refractivity contribution in [3.8, 4) is 5.75 Å². The van der Waals surface area contributed by atoms with Crippen LogP contribution in [0.25, 0.3) is 17.0 Å². The zero-order valence-corrected chi connectivity index (χ0v) is 14.6. The second-order valence-electron chi connectivity index (χ2n) is 5.54. The van der Waals surface area contributed by atoms with E-state index in [-0.39, 0.29) is 5.56 Å². The van der Waals surface area contributed by atoms with Crippen molar-refractivity contribution in [1.82, 2.24) is 4.09 Å². The van der Waals surface area contributed by atoms with Crippen molar-refractivity contribution in [2.45, 2.75) is 6.92 Å². The van der Waals surface area contributed by atoms with E-state index in [4.69, 9.17) is 16.5 Å². The highest BCUT2D eigenvalue weighted by atomic mass is 35.5. The van der Waals surface area contributed by atoms with E-state index < -0.39 is 11.3 Å². The Bertz CT molecular complexity index is 1050. The Morgan fingerprint density at radius 3 is 2.56 bits per heavy atom. The normalized spacial score (nSPS) is 11.2. The molecule has 4 nitrogen and oxygen atoms in total. The summed E-state index contributed by atoms with van der Waals surface area (Å²) >= 11 is 6.12. The maximum Gasteiger partial charge on any atom is 0.277 e. The molecule has 25 heavy (non-hydrogen) atoms. The molecular weight excluding hydrogens is 338 g/mol. The highest BCUT2D eigenvalue weighted by Gasteiger charge is 2.17. The number of nitrogens with zero attached hydrogens (tertiary/aromatic N) is 1. The second kappa shape index (κ2) is 6.95. The van der Waals surface area contributed by atoms with Gasteiger partial charge in [0, 0.05) is 22.7 Å². The number of carbonyl (C=O) groups excluding carboxylic acids is 1. The minimum atomic E-state index is -0.521. The maximum absolute atomic E-state index is 12.7. The van der Waals surface area contributed by atoms with Gasteiger partial charge in [0.1, 0.15) is 5.75 Å². The van der Waals surface area contributed by atoms with Crippen molar-refractivity contribution < 1.29 is 9.53 Å². The molecule has 0 fully saturated rings. The summed E-state index contributed by atoms with van der Waals surface area (Å²) in [7, 11) is 1.56. The number of methoxy groups -OCH3 is 1. The summed E-state index contributed by atoms with van der Waals surface area (Å²) in [5.74, 6) is 0.255. The van der Waals surface area contributed by atoms with E-state index in [1.807, 2.05) is 30.3 Å². The fraction of sp³-hybridized carbons (Fsp3) is 0.100. The number of ether oxygens (including phenoxy) is 1. The van der Waals surface area contributed by atoms with E-state index in [1.54, 1.807) is 38.3 Å². The molecule has 0 aliphatic carbocycles. The van der Waals surface area contributed by atoms with E-state index >= 15 is 0 Å². The van der Waals surface area contributed by atoms with E-state index in [0.29, 0.717) is 16.8 Å². The average molecular weight is 354 g/mol. The fourth-order valence-electron chi connectivity index (χ4n) is 2.81. The molecule has 1 heterocycles. The number of rotatable bonds is 4. The lowest BCUT2D eigenvalue weighted by atomic mass is 10.0. The molecule has 0 aliphatic heterocycles. The number of hydrogen-bond acceptors (Lipinski definition) is 3. The van der Waals surface area contributed by atoms with Crippen LogP contribution in [0.1, 0.15) is 21.5 Å². The minimum absolute atomic E-state index is 0.0693. The van der Waals surface area contributed by atoms with Crippen molar-refractivity contribution in [2.75, 3.05) is 7.11 Å². The van der Waals surface area contributed by atoms with Crippen LogP contribution in [-0.4, -0.2) is 17.0 Å². The first-order valence-corrected chi connectivity index (χ1v) is 8.04. The number of halogens is 1. The zero-order chi connectivity index (χ0) is 18.0. The number of para-hydroxylation sites is 2. The van der Waals surface area contributed by atoms with Crippen LogP contribution in [-0.2, 0) is 0 Å². The van der Waals surface area contributed by atoms with Gasteiger partial charge in [0.15, 0.2) is 5.78 Å². The van der Waals surface area contributed by atoms with Crippen LogP contribution in [0.3, 0.4) is 0 Å². The first kappa shape index (κ1) is 17.0. The van der Waals surface area contributed by atoms with Crippen LogP contribution in [0.2, 0.25) is 0 Å². The highest BCUT2D eigenvalue weighted by molar-refractivity contribution is 6.20. The number of fused-ring (bicyclic) bond motifs is 1. The Morgan fingerprint density at radius 1 is 1.12 bits per heavy atom. The van der Waals surface area contributed by atoms with Gasteiger partial charge in [0.25, 0.3) is 5.56 Å². The molecule has 0 amide bonds. The molecule has 3 aromatic rings. The van der Waals surface area contributed by atoms with Gasteiger partial charge in [-0.25, -0.2) is 4.09 Å². The number of carbonyl (C=O) groups is 1. The summed E-state index contributed by atoms with van der Waals surface area (Å²) in [5.41, 5.74) is 1.50. The summed E-state index contributed by atoms with van der Waals surface area (Å²) in [5, 5.41) is 0.770. The van der Waals surface area contributed by atoms with E-state index in [0.717, 1.165) is 15.0 Å². The lowest BCUT2D eigenvalue weighted by Crippen LogP contribution is -2.23. The molecule has 0 N–H and O–H groups in total. The topological polar surface area (TPSA) is 48.3 Å². The van der Waals surface area contributed by atoms with E-state index in [9.17, 15) is 9.59 Å². The largest absolute Gasteiger partial charge is 0.496 e. The third kappa shape index (κ3) is 3.08. The quantitative estimate of drug-likeness (QED) is 0.521. The van der Waals surface area contributed by atoms with E-state index in [1.165, 1.54) is 6.08 Å². The van der Waals surface area contributed by atoms with Gasteiger partial charge in [-0.3, -0.25) is 9.59 Å². The van der Waals surface area contributed by atoms with Gasteiger partial charge in [-0.15, -0.1) is 0 Å². The average Bonchev–Trinajstić information content (AvgIpc) is 2.65. The van der Waals surface area contributed by atoms with Crippen molar-refractivity contribution in [3.05, 3.63) is 81.7 Å². The monoisotopic (exact) mass is 353 g/mol. The Morgan fingerprint density at radius 2 is 1.80 bits per heavy atom. The lowest BCUT2D eigenvalue weighted by Gasteiger charge is -2.09. The van der Waals surface area contributed by atoms with Gasteiger partial charge < -0.3 is 4.74 Å². The minimum Gasteiger partial charge on any atom is -0.496 e. The van der Waals surface area contributed by atoms with Crippen molar-refractivity contribution in [2.24, 2.45) is 0 Å². The van der Waals surface area contributed by atoms with Gasteiger partial charge >= 0.3 is 0 Å². The Kier molecular flexibility index (Phi) is 4.72. The predicted octanol–water partition coefficient (Wildman–Crippen LogP) is 4.22. The molecule has 5 heteroatoms. The van der Waals surface area contributed by atoms with Gasteiger partial charge in [-0.2, -0.15) is 0 Å². The van der Waals surface area contributed by atoms with Crippen LogP contribution in [0.4, 0.5) is 0 Å². The van der Waals surface area contributed by atoms with Crippen molar-refractivity contribution in [1.29, 1.82) is 0 Å². The van der Waals surface area contributed by atoms with Gasteiger partial charge in [-0.1, -0.05) is 36.4 Å². The van der Waals surface area contributed by atoms with Crippen LogP contribution in [0.15, 0.2) is 59.4 Å². The SMILES string of the molecule is COc1ccccc1C=CC(=O)c1c(C)c2ccccc2n(Cl)c1=O. The molecule has 126 valence electrons. The van der Waals surface area contributed by atoms with Crippen LogP contribution < -0.4 is 10.3 Å². The summed E-state index contributed by atoms with van der Waals surface area (Å²) < 4.78 is 6.25. The summed E-state index contributed by atoms with van der Waals surface area (Å²) in [6.07, 6.45) is 3.00. The highest BCUT2D eigenvalue weighted by Crippen LogP contribution is 2.22. The molecule has 0 aliphatic rings. The van der Waals surface area contributed by atoms with Gasteiger partial charge in [-0.05, 0) is 36.8 Å². The molecule has 0 atom stereocenters. The number of aryl methyl sites for hydroxylation is 1. The van der Waals surface area contributed by atoms with Crippen molar-refractivity contribution in [3.63, 3.8) is 0 Å². The number of pyridine rings is 1. The molecule has 0 saturated heterocycles. The first-order chi connectivity index (χ1) is 12.0. The number of ketones is 1. The zero-order valence-electron chi connectivity index (χ0n) is 13.8. The molecule has 2 aromatic carbocycles.